The third-order valence-corrected chi connectivity index (χ3v) is 17.6. The molecule has 2 unspecified atom stereocenters. The largest absolute Gasteiger partial charge is 0.370 e. The highest BCUT2D eigenvalue weighted by atomic mass is 15.3. The van der Waals surface area contributed by atoms with E-state index in [0.29, 0.717) is 12.1 Å². The van der Waals surface area contributed by atoms with Crippen LogP contribution in [0.15, 0.2) is 176 Å². The van der Waals surface area contributed by atoms with Crippen molar-refractivity contribution in [3.8, 4) is 33.8 Å². The van der Waals surface area contributed by atoms with Crippen LogP contribution in [0.4, 0.5) is 17.5 Å². The Labute approximate surface area is 548 Å². The van der Waals surface area contributed by atoms with Gasteiger partial charge < -0.3 is 16.0 Å². The molecule has 0 radical (unpaired) electrons. The molecule has 0 saturated heterocycles. The first-order valence-corrected chi connectivity index (χ1v) is 33.5. The number of nitrogens with one attached hydrogen (secondary N) is 3. The van der Waals surface area contributed by atoms with Crippen LogP contribution < -0.4 is 16.0 Å². The third kappa shape index (κ3) is 14.3. The number of hydrogen-bond acceptors (Lipinski definition) is 12. The fourth-order valence-corrected chi connectivity index (χ4v) is 13.1. The molecule has 0 aliphatic heterocycles. The van der Waals surface area contributed by atoms with Crippen molar-refractivity contribution in [2.24, 2.45) is 0 Å². The number of pyridine rings is 3. The number of aromatic nitrogens is 12. The number of hydrogen-bond donors (Lipinski definition) is 3. The van der Waals surface area contributed by atoms with E-state index in [0.717, 1.165) is 166 Å². The maximum atomic E-state index is 4.89. The van der Waals surface area contributed by atoms with Gasteiger partial charge >= 0.3 is 0 Å². The van der Waals surface area contributed by atoms with Crippen LogP contribution >= 0.6 is 0 Å². The van der Waals surface area contributed by atoms with Crippen molar-refractivity contribution in [3.05, 3.63) is 231 Å². The number of fused-ring (bicyclic) bond motifs is 6. The van der Waals surface area contributed by atoms with Crippen LogP contribution in [0.1, 0.15) is 149 Å². The molecule has 9 aromatic heterocycles. The van der Waals surface area contributed by atoms with Crippen molar-refractivity contribution >= 4 is 45.5 Å². The van der Waals surface area contributed by atoms with E-state index in [1.54, 1.807) is 16.7 Å². The number of rotatable bonds is 11. The number of anilines is 3. The van der Waals surface area contributed by atoms with Crippen LogP contribution in [0.5, 0.6) is 0 Å². The Bertz CT molecular complexity index is 4590. The van der Waals surface area contributed by atoms with Gasteiger partial charge in [0.1, 0.15) is 17.5 Å². The lowest BCUT2D eigenvalue weighted by molar-refractivity contribution is 0.605. The summed E-state index contributed by atoms with van der Waals surface area (Å²) in [4.78, 5) is 27.6. The van der Waals surface area contributed by atoms with Gasteiger partial charge in [-0.05, 0) is 180 Å². The van der Waals surface area contributed by atoms with E-state index in [2.05, 4.69) is 177 Å². The van der Waals surface area contributed by atoms with Crippen molar-refractivity contribution in [2.45, 2.75) is 159 Å². The molecule has 2 atom stereocenters. The first-order chi connectivity index (χ1) is 45.5. The zero-order chi connectivity index (χ0) is 65.1. The molecule has 0 saturated carbocycles. The van der Waals surface area contributed by atoms with E-state index in [9.17, 15) is 0 Å². The zero-order valence-electron chi connectivity index (χ0n) is 56.3. The zero-order valence-corrected chi connectivity index (χ0v) is 56.3. The van der Waals surface area contributed by atoms with E-state index in [1.807, 2.05) is 125 Å². The van der Waals surface area contributed by atoms with Crippen LogP contribution in [-0.4, -0.2) is 77.4 Å². The van der Waals surface area contributed by atoms with Gasteiger partial charge in [-0.3, -0.25) is 15.0 Å². The SMILES string of the molecule is CC.CC.CC.Cc1cncc(-c2cc(NC3CCC4=C(C3)c3ccccc3C4)n3ncc(C)c3n2)c1.Cc1cncc(-c2cc(NC3CCC4=C(C=CC4)C3)n3ncc(C)c3n2)c1.Cc1cncc(-c2cc(NCCC3=CCc4ccccc43)n3ncc(C)c3n2)c1. The molecule has 93 heavy (non-hydrogen) atoms. The fourth-order valence-electron chi connectivity index (χ4n) is 13.1. The molecular formula is C78H89N15. The predicted octanol–water partition coefficient (Wildman–Crippen LogP) is 17.9. The van der Waals surface area contributed by atoms with Crippen molar-refractivity contribution in [1.29, 1.82) is 0 Å². The van der Waals surface area contributed by atoms with Gasteiger partial charge in [-0.2, -0.15) is 28.8 Å². The Balaban J connectivity index is 0.000000137. The molecule has 0 spiro atoms. The lowest BCUT2D eigenvalue weighted by Gasteiger charge is -2.26. The lowest BCUT2D eigenvalue weighted by atomic mass is 9.88. The second-order valence-electron chi connectivity index (χ2n) is 24.1. The van der Waals surface area contributed by atoms with Crippen molar-refractivity contribution < 1.29 is 0 Å². The molecule has 11 aromatic rings. The summed E-state index contributed by atoms with van der Waals surface area (Å²) in [6.45, 7) is 25.2. The van der Waals surface area contributed by atoms with Gasteiger partial charge in [-0.15, -0.1) is 0 Å². The molecule has 476 valence electrons. The lowest BCUT2D eigenvalue weighted by Crippen LogP contribution is -2.24. The Morgan fingerprint density at radius 2 is 0.935 bits per heavy atom. The second-order valence-corrected chi connectivity index (χ2v) is 24.1. The summed E-state index contributed by atoms with van der Waals surface area (Å²) in [6.07, 6.45) is 34.8. The van der Waals surface area contributed by atoms with Crippen LogP contribution in [0.3, 0.4) is 0 Å². The smallest absolute Gasteiger partial charge is 0.160 e. The van der Waals surface area contributed by atoms with Gasteiger partial charge in [0.15, 0.2) is 16.9 Å². The van der Waals surface area contributed by atoms with Gasteiger partial charge in [0, 0.05) is 107 Å². The van der Waals surface area contributed by atoms with Crippen LogP contribution in [-0.2, 0) is 12.8 Å². The minimum Gasteiger partial charge on any atom is -0.370 e. The molecule has 15 heteroatoms. The van der Waals surface area contributed by atoms with E-state index in [1.165, 1.54) is 39.8 Å². The van der Waals surface area contributed by atoms with E-state index in [-0.39, 0.29) is 0 Å². The van der Waals surface area contributed by atoms with Gasteiger partial charge in [0.25, 0.3) is 0 Å². The summed E-state index contributed by atoms with van der Waals surface area (Å²) in [7, 11) is 0. The first-order valence-electron chi connectivity index (χ1n) is 33.5. The molecule has 16 rings (SSSR count). The number of allylic oxidation sites excluding steroid dienone is 5. The van der Waals surface area contributed by atoms with E-state index in [4.69, 9.17) is 15.0 Å². The summed E-state index contributed by atoms with van der Waals surface area (Å²) in [6, 6.07) is 31.0. The van der Waals surface area contributed by atoms with Crippen LogP contribution in [0.2, 0.25) is 0 Å². The quantitative estimate of drug-likeness (QED) is 0.112. The Morgan fingerprint density at radius 3 is 1.46 bits per heavy atom. The molecule has 0 fully saturated rings. The van der Waals surface area contributed by atoms with Crippen molar-refractivity contribution in [3.63, 3.8) is 0 Å². The summed E-state index contributed by atoms with van der Waals surface area (Å²) in [5, 5.41) is 24.8. The van der Waals surface area contributed by atoms with Crippen LogP contribution in [0.25, 0.3) is 61.9 Å². The Morgan fingerprint density at radius 1 is 0.473 bits per heavy atom. The molecule has 5 aliphatic rings. The first kappa shape index (κ1) is 64.6. The Hall–Kier alpha value is -9.89. The summed E-state index contributed by atoms with van der Waals surface area (Å²) in [5.41, 5.74) is 28.6. The third-order valence-electron chi connectivity index (χ3n) is 17.6. The van der Waals surface area contributed by atoms with Gasteiger partial charge in [-0.1, -0.05) is 119 Å². The van der Waals surface area contributed by atoms with Gasteiger partial charge in [0.2, 0.25) is 0 Å². The topological polar surface area (TPSA) is 165 Å². The summed E-state index contributed by atoms with van der Waals surface area (Å²) >= 11 is 0. The monoisotopic (exact) mass is 1240 g/mol. The van der Waals surface area contributed by atoms with E-state index < -0.39 is 0 Å². The Kier molecular flexibility index (Phi) is 20.6. The molecular weight excluding hydrogens is 1150 g/mol. The average Bonchev–Trinajstić information content (AvgIpc) is 1.75. The number of aryl methyl sites for hydroxylation is 6. The summed E-state index contributed by atoms with van der Waals surface area (Å²) < 4.78 is 5.75. The van der Waals surface area contributed by atoms with Crippen LogP contribution in [0, 0.1) is 41.5 Å². The fraction of sp³-hybridized carbons (Fsp3) is 0.321. The molecule has 5 aliphatic carbocycles. The molecule has 0 amide bonds. The maximum Gasteiger partial charge on any atom is 0.160 e. The average molecular weight is 1240 g/mol. The van der Waals surface area contributed by atoms with Gasteiger partial charge in [-0.25, -0.2) is 15.0 Å². The second kappa shape index (κ2) is 29.6. The molecule has 0 bridgehead atoms. The normalized spacial score (nSPS) is 15.6. The summed E-state index contributed by atoms with van der Waals surface area (Å²) in [5.74, 6) is 2.95. The maximum absolute atomic E-state index is 4.89. The number of nitrogens with zero attached hydrogens (tertiary/aromatic N) is 12. The molecule has 15 nitrogen and oxygen atoms in total. The highest BCUT2D eigenvalue weighted by molar-refractivity contribution is 5.79. The van der Waals surface area contributed by atoms with E-state index >= 15 is 0 Å². The molecule has 3 N–H and O–H groups in total. The van der Waals surface area contributed by atoms with Gasteiger partial charge in [0.05, 0.1) is 35.7 Å². The minimum atomic E-state index is 0.378. The minimum absolute atomic E-state index is 0.378. The molecule has 9 heterocycles. The predicted molar refractivity (Wildman–Crippen MR) is 383 cm³/mol. The highest BCUT2D eigenvalue weighted by Crippen LogP contribution is 2.43. The van der Waals surface area contributed by atoms with Crippen molar-refractivity contribution in [2.75, 3.05) is 22.5 Å². The van der Waals surface area contributed by atoms with Crippen molar-refractivity contribution in [1.82, 2.24) is 58.7 Å². The number of benzene rings is 2. The standard InChI is InChI=1S/C26H25N5.C24H23N5.C22H23N5.3C2H6/c1-16-9-20(15-27-13-16)24-12-25(31-26(30-24)17(2)14-28-31)29-21-8-7-19-10-18-5-3-4-6-22(18)23(19)11-21;1-16-11-20(15-25-13-16)22-12-23(29-24(28-22)17(2)14-27-29)26-10-9-19-8-7-18-5-3-4-6-21(18)19;1-14-8-18(13-23-11-14)20-10-21(27-22(26-20)15(2)12-24-27)25-19-7-6-16-4-3-5-17(16)9-19;3*1-2/h3-6,9,12-15,21,29H,7-8,10-11H2,1-2H3;3-6,8,11-15,26H,7,9-10H2,1-2H3;3,5,8,10-13,19,25H,4,6-7,9H2,1-2H3;3*1-2H3. The molecule has 2 aromatic carbocycles. The highest BCUT2D eigenvalue weighted by Gasteiger charge is 2.29.